The Balaban J connectivity index is 1.29. The Kier molecular flexibility index (Phi) is 6.30. The Morgan fingerprint density at radius 2 is 1.71 bits per heavy atom. The molecule has 5 rings (SSSR count). The van der Waals surface area contributed by atoms with Gasteiger partial charge in [-0.3, -0.25) is 4.79 Å². The van der Waals surface area contributed by atoms with Crippen molar-refractivity contribution in [2.75, 3.05) is 18.4 Å². The first kappa shape index (κ1) is 26.2. The zero-order valence-electron chi connectivity index (χ0n) is 21.9. The maximum Gasteiger partial charge on any atom is 0.494 e. The van der Waals surface area contributed by atoms with Gasteiger partial charge in [-0.2, -0.15) is 18.2 Å². The van der Waals surface area contributed by atoms with Crippen LogP contribution in [0.4, 0.5) is 24.8 Å². The molecule has 0 unspecified atom stereocenters. The summed E-state index contributed by atoms with van der Waals surface area (Å²) in [6.07, 6.45) is -4.10. The maximum absolute atomic E-state index is 12.8. The molecule has 1 N–H and O–H groups in total. The lowest BCUT2D eigenvalue weighted by Crippen LogP contribution is -2.43. The predicted molar refractivity (Wildman–Crippen MR) is 138 cm³/mol. The van der Waals surface area contributed by atoms with Gasteiger partial charge >= 0.3 is 13.3 Å². The van der Waals surface area contributed by atoms with Crippen molar-refractivity contribution in [1.82, 2.24) is 19.7 Å². The number of carbonyl (C=O) groups is 1. The fourth-order valence-corrected chi connectivity index (χ4v) is 4.49. The van der Waals surface area contributed by atoms with Gasteiger partial charge in [-0.05, 0) is 69.4 Å². The molecule has 0 spiro atoms. The number of benzene rings is 2. The zero-order valence-corrected chi connectivity index (χ0v) is 21.9. The van der Waals surface area contributed by atoms with Crippen molar-refractivity contribution < 1.29 is 27.3 Å². The molecular weight excluding hydrogens is 498 g/mol. The summed E-state index contributed by atoms with van der Waals surface area (Å²) in [5.41, 5.74) is 2.51. The van der Waals surface area contributed by atoms with Crippen LogP contribution < -0.4 is 10.8 Å². The van der Waals surface area contributed by atoms with Crippen LogP contribution in [-0.4, -0.2) is 63.2 Å². The lowest BCUT2D eigenvalue weighted by atomic mass is 9.79. The van der Waals surface area contributed by atoms with E-state index >= 15 is 0 Å². The van der Waals surface area contributed by atoms with Crippen LogP contribution in [0.3, 0.4) is 0 Å². The van der Waals surface area contributed by atoms with Gasteiger partial charge in [-0.15, -0.1) is 5.10 Å². The van der Waals surface area contributed by atoms with E-state index in [0.29, 0.717) is 29.3 Å². The highest BCUT2D eigenvalue weighted by molar-refractivity contribution is 6.62. The average molecular weight is 527 g/mol. The third kappa shape index (κ3) is 5.02. The lowest BCUT2D eigenvalue weighted by molar-refractivity contribution is -0.141. The van der Waals surface area contributed by atoms with Gasteiger partial charge in [-0.25, -0.2) is 4.68 Å². The largest absolute Gasteiger partial charge is 0.494 e. The molecule has 2 aliphatic rings. The predicted octanol–water partition coefficient (Wildman–Crippen LogP) is 4.09. The molecule has 12 heteroatoms. The number of aromatic nitrogens is 3. The van der Waals surface area contributed by atoms with Crippen LogP contribution in [0.2, 0.25) is 0 Å². The molecule has 1 aromatic heterocycles. The molecule has 0 atom stereocenters. The number of hydrogen-bond donors (Lipinski definition) is 1. The molecule has 0 radical (unpaired) electrons. The van der Waals surface area contributed by atoms with Crippen LogP contribution >= 0.6 is 0 Å². The first-order valence-corrected chi connectivity index (χ1v) is 12.4. The van der Waals surface area contributed by atoms with E-state index in [1.165, 1.54) is 0 Å². The van der Waals surface area contributed by atoms with Gasteiger partial charge in [0.2, 0.25) is 5.95 Å². The Morgan fingerprint density at radius 3 is 2.34 bits per heavy atom. The standard InChI is InChI=1S/C26H29BF3N5O3/c1-24(2)25(3,4)38-27(37-24)18-7-9-19(10-8-18)31-23-32-21(33-34(23)5)17-6-11-20-16(14-17)12-13-35(22(20)36)15-26(28,29)30/h6-11,14H,12-13,15H2,1-5H3,(H,31,32,33). The lowest BCUT2D eigenvalue weighted by Gasteiger charge is -2.32. The summed E-state index contributed by atoms with van der Waals surface area (Å²) in [5, 5.41) is 7.73. The van der Waals surface area contributed by atoms with E-state index in [9.17, 15) is 18.0 Å². The summed E-state index contributed by atoms with van der Waals surface area (Å²) in [6, 6.07) is 12.7. The van der Waals surface area contributed by atoms with E-state index in [0.717, 1.165) is 16.1 Å². The monoisotopic (exact) mass is 527 g/mol. The van der Waals surface area contributed by atoms with E-state index < -0.39 is 36.9 Å². The van der Waals surface area contributed by atoms with Crippen LogP contribution in [0.25, 0.3) is 11.4 Å². The topological polar surface area (TPSA) is 81.5 Å². The molecule has 2 aliphatic heterocycles. The van der Waals surface area contributed by atoms with Gasteiger partial charge < -0.3 is 19.5 Å². The summed E-state index contributed by atoms with van der Waals surface area (Å²) in [7, 11) is 1.31. The number of alkyl halides is 3. The highest BCUT2D eigenvalue weighted by Gasteiger charge is 2.51. The minimum atomic E-state index is -4.43. The molecule has 3 heterocycles. The van der Waals surface area contributed by atoms with Crippen LogP contribution in [0.1, 0.15) is 43.6 Å². The Bertz CT molecular complexity index is 1360. The molecule has 1 saturated heterocycles. The normalized spacial score (nSPS) is 18.6. The molecular formula is C26H29BF3N5O3. The molecule has 200 valence electrons. The maximum atomic E-state index is 12.8. The SMILES string of the molecule is Cn1nc(-c2ccc3c(c2)CCN(CC(F)(F)F)C3=O)nc1Nc1ccc(B2OC(C)(C)C(C)(C)O2)cc1. The molecule has 1 amide bonds. The van der Waals surface area contributed by atoms with Gasteiger partial charge in [0.1, 0.15) is 6.54 Å². The van der Waals surface area contributed by atoms with Crippen molar-refractivity contribution in [2.45, 2.75) is 51.5 Å². The van der Waals surface area contributed by atoms with E-state index in [1.54, 1.807) is 29.9 Å². The minimum absolute atomic E-state index is 0.0131. The average Bonchev–Trinajstić information content (AvgIpc) is 3.30. The highest BCUT2D eigenvalue weighted by atomic mass is 19.4. The summed E-state index contributed by atoms with van der Waals surface area (Å²) in [6.45, 7) is 6.81. The molecule has 0 bridgehead atoms. The van der Waals surface area contributed by atoms with E-state index in [2.05, 4.69) is 15.4 Å². The van der Waals surface area contributed by atoms with E-state index in [1.807, 2.05) is 52.0 Å². The van der Waals surface area contributed by atoms with Crippen LogP contribution in [0.15, 0.2) is 42.5 Å². The van der Waals surface area contributed by atoms with Gasteiger partial charge in [0.15, 0.2) is 5.82 Å². The van der Waals surface area contributed by atoms with E-state index in [4.69, 9.17) is 9.31 Å². The second kappa shape index (κ2) is 9.13. The minimum Gasteiger partial charge on any atom is -0.399 e. The number of hydrogen-bond acceptors (Lipinski definition) is 6. The summed E-state index contributed by atoms with van der Waals surface area (Å²) < 4.78 is 52.2. The number of rotatable bonds is 5. The van der Waals surface area contributed by atoms with Crippen molar-refractivity contribution in [3.05, 3.63) is 53.6 Å². The second-order valence-corrected chi connectivity index (χ2v) is 10.7. The van der Waals surface area contributed by atoms with Crippen LogP contribution in [-0.2, 0) is 22.8 Å². The van der Waals surface area contributed by atoms with E-state index in [-0.39, 0.29) is 12.1 Å². The highest BCUT2D eigenvalue weighted by Crippen LogP contribution is 2.36. The number of anilines is 2. The Labute approximate surface area is 219 Å². The fourth-order valence-electron chi connectivity index (χ4n) is 4.49. The van der Waals surface area contributed by atoms with Crippen molar-refractivity contribution >= 4 is 30.1 Å². The molecule has 3 aromatic rings. The molecule has 38 heavy (non-hydrogen) atoms. The van der Waals surface area contributed by atoms with Crippen LogP contribution in [0, 0.1) is 0 Å². The van der Waals surface area contributed by atoms with Crippen molar-refractivity contribution in [1.29, 1.82) is 0 Å². The summed E-state index contributed by atoms with van der Waals surface area (Å²) in [4.78, 5) is 18.0. The summed E-state index contributed by atoms with van der Waals surface area (Å²) >= 11 is 0. The number of amides is 1. The number of halogens is 3. The fraction of sp³-hybridized carbons (Fsp3) is 0.423. The van der Waals surface area contributed by atoms with Crippen molar-refractivity contribution in [3.8, 4) is 11.4 Å². The first-order chi connectivity index (χ1) is 17.7. The van der Waals surface area contributed by atoms with Gasteiger partial charge in [-0.1, -0.05) is 18.2 Å². The van der Waals surface area contributed by atoms with Crippen LogP contribution in [0.5, 0.6) is 0 Å². The van der Waals surface area contributed by atoms with Gasteiger partial charge in [0.25, 0.3) is 5.91 Å². The van der Waals surface area contributed by atoms with Crippen molar-refractivity contribution in [2.24, 2.45) is 7.05 Å². The number of nitrogens with zero attached hydrogens (tertiary/aromatic N) is 4. The number of carbonyl (C=O) groups excluding carboxylic acids is 1. The molecule has 8 nitrogen and oxygen atoms in total. The van der Waals surface area contributed by atoms with Gasteiger partial charge in [0.05, 0.1) is 11.2 Å². The smallest absolute Gasteiger partial charge is 0.399 e. The number of fused-ring (bicyclic) bond motifs is 1. The first-order valence-electron chi connectivity index (χ1n) is 12.4. The third-order valence-electron chi connectivity index (χ3n) is 7.36. The quantitative estimate of drug-likeness (QED) is 0.504. The molecule has 0 saturated carbocycles. The molecule has 0 aliphatic carbocycles. The third-order valence-corrected chi connectivity index (χ3v) is 7.36. The molecule has 1 fully saturated rings. The number of aryl methyl sites for hydroxylation is 1. The molecule has 2 aromatic carbocycles. The van der Waals surface area contributed by atoms with Crippen molar-refractivity contribution in [3.63, 3.8) is 0 Å². The van der Waals surface area contributed by atoms with Gasteiger partial charge in [0, 0.05) is 30.4 Å². The Morgan fingerprint density at radius 1 is 1.05 bits per heavy atom. The Hall–Kier alpha value is -3.38. The summed E-state index contributed by atoms with van der Waals surface area (Å²) in [5.74, 6) is 0.334. The zero-order chi connectivity index (χ0) is 27.5. The second-order valence-electron chi connectivity index (χ2n) is 10.7. The number of nitrogens with one attached hydrogen (secondary N) is 1.